The average Bonchev–Trinajstić information content (AvgIpc) is 2.88. The van der Waals surface area contributed by atoms with E-state index in [2.05, 4.69) is 15.6 Å². The maximum absolute atomic E-state index is 10.8. The van der Waals surface area contributed by atoms with Gasteiger partial charge in [-0.2, -0.15) is 0 Å². The van der Waals surface area contributed by atoms with Gasteiger partial charge in [0, 0.05) is 31.6 Å². The van der Waals surface area contributed by atoms with Gasteiger partial charge in [0.15, 0.2) is 11.5 Å². The Hall–Kier alpha value is -2.50. The summed E-state index contributed by atoms with van der Waals surface area (Å²) in [7, 11) is 0. The summed E-state index contributed by atoms with van der Waals surface area (Å²) in [5.41, 5.74) is 0. The number of hydrogen-bond donors (Lipinski definition) is 2. The zero-order valence-corrected chi connectivity index (χ0v) is 11.1. The van der Waals surface area contributed by atoms with E-state index >= 15 is 0 Å². The fourth-order valence-corrected chi connectivity index (χ4v) is 2.12. The molecule has 0 bridgehead atoms. The van der Waals surface area contributed by atoms with Gasteiger partial charge in [0.2, 0.25) is 12.7 Å². The van der Waals surface area contributed by atoms with E-state index in [-0.39, 0.29) is 12.7 Å². The highest BCUT2D eigenvalue weighted by Gasteiger charge is 2.15. The first-order valence-electron chi connectivity index (χ1n) is 6.41. The van der Waals surface area contributed by atoms with Crippen LogP contribution in [0.15, 0.2) is 24.4 Å². The van der Waals surface area contributed by atoms with Crippen LogP contribution in [0.25, 0.3) is 10.8 Å². The quantitative estimate of drug-likeness (QED) is 0.826. The average molecular weight is 273 g/mol. The maximum Gasteiger partial charge on any atom is 0.231 e. The third-order valence-electron chi connectivity index (χ3n) is 3.05. The van der Waals surface area contributed by atoms with E-state index < -0.39 is 0 Å². The third kappa shape index (κ3) is 2.45. The maximum atomic E-state index is 10.8. The lowest BCUT2D eigenvalue weighted by Gasteiger charge is -2.09. The van der Waals surface area contributed by atoms with Crippen molar-refractivity contribution in [2.75, 3.05) is 25.2 Å². The van der Waals surface area contributed by atoms with E-state index in [1.54, 1.807) is 6.20 Å². The van der Waals surface area contributed by atoms with Crippen LogP contribution >= 0.6 is 0 Å². The first-order valence-corrected chi connectivity index (χ1v) is 6.41. The smallest absolute Gasteiger partial charge is 0.231 e. The summed E-state index contributed by atoms with van der Waals surface area (Å²) in [6, 6.07) is 5.79. The van der Waals surface area contributed by atoms with Crippen molar-refractivity contribution in [2.45, 2.75) is 6.92 Å². The fourth-order valence-electron chi connectivity index (χ4n) is 2.12. The van der Waals surface area contributed by atoms with Crippen LogP contribution in [-0.2, 0) is 4.79 Å². The number of carbonyl (C=O) groups is 1. The molecular weight excluding hydrogens is 258 g/mol. The van der Waals surface area contributed by atoms with E-state index in [0.717, 1.165) is 28.1 Å². The lowest BCUT2D eigenvalue weighted by molar-refractivity contribution is -0.118. The summed E-state index contributed by atoms with van der Waals surface area (Å²) in [5, 5.41) is 7.95. The van der Waals surface area contributed by atoms with Crippen molar-refractivity contribution in [3.05, 3.63) is 24.4 Å². The molecule has 2 heterocycles. The Bertz CT molecular complexity index is 657. The van der Waals surface area contributed by atoms with Crippen molar-refractivity contribution in [1.29, 1.82) is 0 Å². The zero-order valence-electron chi connectivity index (χ0n) is 11.1. The molecule has 6 nitrogen and oxygen atoms in total. The van der Waals surface area contributed by atoms with Gasteiger partial charge in [0.1, 0.15) is 5.82 Å². The van der Waals surface area contributed by atoms with Crippen LogP contribution in [0.1, 0.15) is 6.92 Å². The zero-order chi connectivity index (χ0) is 13.9. The summed E-state index contributed by atoms with van der Waals surface area (Å²) >= 11 is 0. The van der Waals surface area contributed by atoms with E-state index in [1.807, 2.05) is 18.2 Å². The Morgan fingerprint density at radius 2 is 2.10 bits per heavy atom. The lowest BCUT2D eigenvalue weighted by atomic mass is 10.1. The number of benzene rings is 1. The molecule has 1 aromatic carbocycles. The third-order valence-corrected chi connectivity index (χ3v) is 3.05. The van der Waals surface area contributed by atoms with Crippen molar-refractivity contribution in [1.82, 2.24) is 10.3 Å². The molecular formula is C14H15N3O3. The summed E-state index contributed by atoms with van der Waals surface area (Å²) in [5.74, 6) is 2.22. The molecule has 0 radical (unpaired) electrons. The van der Waals surface area contributed by atoms with Gasteiger partial charge in [-0.25, -0.2) is 4.98 Å². The van der Waals surface area contributed by atoms with E-state index in [0.29, 0.717) is 13.1 Å². The van der Waals surface area contributed by atoms with Gasteiger partial charge < -0.3 is 20.1 Å². The molecule has 1 aliphatic rings. The second-order valence-electron chi connectivity index (χ2n) is 4.50. The molecule has 6 heteroatoms. The van der Waals surface area contributed by atoms with E-state index in [1.165, 1.54) is 6.92 Å². The number of carbonyl (C=O) groups excluding carboxylic acids is 1. The van der Waals surface area contributed by atoms with Crippen LogP contribution in [0.5, 0.6) is 11.5 Å². The number of fused-ring (bicyclic) bond motifs is 2. The van der Waals surface area contributed by atoms with Gasteiger partial charge in [0.05, 0.1) is 0 Å². The predicted octanol–water partition coefficient (Wildman–Crippen LogP) is 1.51. The Labute approximate surface area is 116 Å². The summed E-state index contributed by atoms with van der Waals surface area (Å²) in [6.45, 7) is 2.92. The molecule has 2 aromatic rings. The minimum absolute atomic E-state index is 0.0407. The molecule has 1 aliphatic heterocycles. The number of ether oxygens (including phenoxy) is 2. The Morgan fingerprint density at radius 1 is 1.30 bits per heavy atom. The van der Waals surface area contributed by atoms with Crippen LogP contribution in [-0.4, -0.2) is 30.8 Å². The van der Waals surface area contributed by atoms with Crippen molar-refractivity contribution in [2.24, 2.45) is 0 Å². The number of pyridine rings is 1. The van der Waals surface area contributed by atoms with Crippen molar-refractivity contribution < 1.29 is 14.3 Å². The van der Waals surface area contributed by atoms with Gasteiger partial charge in [-0.3, -0.25) is 4.79 Å². The normalized spacial score (nSPS) is 12.4. The number of anilines is 1. The molecule has 3 rings (SSSR count). The molecule has 2 N–H and O–H groups in total. The standard InChI is InChI=1S/C14H15N3O3/c1-9(18)15-4-5-17-14-11-7-13-12(19-8-20-13)6-10(11)2-3-16-14/h2-3,6-7H,4-5,8H2,1H3,(H,15,18)(H,16,17). The fraction of sp³-hybridized carbons (Fsp3) is 0.286. The van der Waals surface area contributed by atoms with Crippen LogP contribution in [0.3, 0.4) is 0 Å². The van der Waals surface area contributed by atoms with Gasteiger partial charge >= 0.3 is 0 Å². The highest BCUT2D eigenvalue weighted by molar-refractivity contribution is 5.94. The second-order valence-corrected chi connectivity index (χ2v) is 4.50. The van der Waals surface area contributed by atoms with Gasteiger partial charge in [-0.05, 0) is 23.6 Å². The van der Waals surface area contributed by atoms with Crippen molar-refractivity contribution in [3.63, 3.8) is 0 Å². The molecule has 0 aliphatic carbocycles. The largest absolute Gasteiger partial charge is 0.454 e. The molecule has 0 atom stereocenters. The Kier molecular flexibility index (Phi) is 3.28. The monoisotopic (exact) mass is 273 g/mol. The van der Waals surface area contributed by atoms with Crippen LogP contribution in [0, 0.1) is 0 Å². The summed E-state index contributed by atoms with van der Waals surface area (Å²) in [6.07, 6.45) is 1.74. The Balaban J connectivity index is 1.82. The molecule has 0 saturated heterocycles. The molecule has 0 fully saturated rings. The molecule has 1 amide bonds. The molecule has 20 heavy (non-hydrogen) atoms. The first kappa shape index (κ1) is 12.5. The van der Waals surface area contributed by atoms with Crippen molar-refractivity contribution >= 4 is 22.5 Å². The Morgan fingerprint density at radius 3 is 2.90 bits per heavy atom. The number of aromatic nitrogens is 1. The molecule has 0 spiro atoms. The lowest BCUT2D eigenvalue weighted by Crippen LogP contribution is -2.26. The minimum Gasteiger partial charge on any atom is -0.454 e. The van der Waals surface area contributed by atoms with Crippen LogP contribution < -0.4 is 20.1 Å². The summed E-state index contributed by atoms with van der Waals surface area (Å²) in [4.78, 5) is 15.1. The topological polar surface area (TPSA) is 72.5 Å². The molecule has 0 saturated carbocycles. The SMILES string of the molecule is CC(=O)NCCNc1nccc2cc3c(cc12)OCO3. The van der Waals surface area contributed by atoms with Crippen LogP contribution in [0.4, 0.5) is 5.82 Å². The minimum atomic E-state index is -0.0407. The second kappa shape index (κ2) is 5.24. The summed E-state index contributed by atoms with van der Waals surface area (Å²) < 4.78 is 10.7. The number of nitrogens with one attached hydrogen (secondary N) is 2. The number of rotatable bonds is 4. The number of amides is 1. The molecule has 0 unspecified atom stereocenters. The van der Waals surface area contributed by atoms with E-state index in [4.69, 9.17) is 9.47 Å². The van der Waals surface area contributed by atoms with Gasteiger partial charge in [-0.15, -0.1) is 0 Å². The number of nitrogens with zero attached hydrogens (tertiary/aromatic N) is 1. The predicted molar refractivity (Wildman–Crippen MR) is 75.0 cm³/mol. The van der Waals surface area contributed by atoms with Crippen molar-refractivity contribution in [3.8, 4) is 11.5 Å². The molecule has 104 valence electrons. The number of hydrogen-bond acceptors (Lipinski definition) is 5. The highest BCUT2D eigenvalue weighted by Crippen LogP contribution is 2.37. The van der Waals surface area contributed by atoms with Crippen LogP contribution in [0.2, 0.25) is 0 Å². The molecule has 1 aromatic heterocycles. The first-order chi connectivity index (χ1) is 9.74. The van der Waals surface area contributed by atoms with Gasteiger partial charge in [-0.1, -0.05) is 0 Å². The van der Waals surface area contributed by atoms with Gasteiger partial charge in [0.25, 0.3) is 0 Å². The highest BCUT2D eigenvalue weighted by atomic mass is 16.7. The van der Waals surface area contributed by atoms with E-state index in [9.17, 15) is 4.79 Å².